The van der Waals surface area contributed by atoms with Crippen molar-refractivity contribution in [1.29, 1.82) is 0 Å². The SMILES string of the molecule is CCCC1O[C@@H]2C[C@H]3[C@@H]4C[C@H](F)C5=CC(=O)C=C[C@]5(C)[C@@]4(F)[C@@H](O)C[C@]3(C)[C@]2(C(=O)CNC(=O)[C@H](CCCNC(N)=O)CC(=O)[C@@H](NC(=O)[C@@H](CCCCNC(=O)COC2CCCCCC3=C2NNN3CCOCCOCCOCCOCCOCCP(=O)(O)O)NC(=O)CCOCCOCCOCCOCCNC(=O)CCC(=O)N2Cc3ccccc3/C(NC)=C(/NN)c3ccccc32)C(C)C)O1. The van der Waals surface area contributed by atoms with Gasteiger partial charge in [-0.3, -0.25) is 58.6 Å². The van der Waals surface area contributed by atoms with Gasteiger partial charge in [0.05, 0.1) is 191 Å². The molecular weight excluding hydrogens is 1830 g/mol. The van der Waals surface area contributed by atoms with Gasteiger partial charge < -0.3 is 130 Å². The van der Waals surface area contributed by atoms with Crippen molar-refractivity contribution in [3.05, 3.63) is 100 Å². The topological polar surface area (TPSA) is 538 Å². The molecule has 0 aromatic heterocycles. The van der Waals surface area contributed by atoms with Crippen molar-refractivity contribution in [3.8, 4) is 0 Å². The Bertz CT molecular complexity index is 4590. The van der Waals surface area contributed by atoms with Crippen molar-refractivity contribution < 1.29 is 133 Å². The predicted molar refractivity (Wildman–Crippen MR) is 506 cm³/mol. The summed E-state index contributed by atoms with van der Waals surface area (Å²) in [7, 11) is -2.28. The smallest absolute Gasteiger partial charge is 0.327 e. The van der Waals surface area contributed by atoms with E-state index < -0.39 is 150 Å². The Kier molecular flexibility index (Phi) is 44.9. The molecule has 14 atom stereocenters. The normalized spacial score (nSPS) is 24.8. The van der Waals surface area contributed by atoms with Crippen LogP contribution in [0.25, 0.3) is 11.4 Å². The first-order chi connectivity index (χ1) is 66.8. The van der Waals surface area contributed by atoms with Gasteiger partial charge in [-0.1, -0.05) is 95.5 Å². The number of ketones is 3. The Hall–Kier alpha value is -8.89. The number of halogens is 2. The zero-order chi connectivity index (χ0) is 100. The highest BCUT2D eigenvalue weighted by molar-refractivity contribution is 7.51. The standard InChI is InChI=1S/C96H147F2N14O26P/c1-7-18-85-137-80-58-69-70-57-72(97)71-56-66(113)29-31-93(71,4)95(70,98)78(115)59-94(69,5)96(80,138-85)79(116)60-105-90(121)64(20-17-33-104-92(99)123)55-76(114)86(63(2)3)107-91(122)73(23-15-16-32-102-83(119)62-136-77-26-10-8-9-25-75-89(77)109-110-112(75)35-38-129-41-44-132-47-48-133-49-50-134-51-52-135-53-54-139(124,125)126)106-82(118)30-36-127-39-42-130-45-46-131-43-40-128-37-34-103-81(117)27-28-84(120)111-61-65-19-11-12-21-67(65)87(101-6)88(108-100)68-22-13-14-24-74(68)111/h11-14,19,21-22,24,29,31,56,63-64,69-70,72-73,77-78,80,85-86,101,108-110,115H,7-10,15-18,20,23,25-28,30,32-55,57-62,100H2,1-6H3,(H,102,119)(H,103,117)(H,105,121)(H,106,118)(H,107,122)(H3,99,104,123)(H2,124,125,126)/b88-87-/t64-,69+,70+,72+,73-,77?,78+,80-,85?,86+,93+,94+,95+,96-/m1/s1. The Labute approximate surface area is 811 Å². The zero-order valence-corrected chi connectivity index (χ0v) is 81.9. The number of primary amides is 1. The summed E-state index contributed by atoms with van der Waals surface area (Å²) in [6.07, 6.45) is 2.01. The highest BCUT2D eigenvalue weighted by Gasteiger charge is 2.80. The molecule has 1 saturated heterocycles. The molecule has 40 nitrogen and oxygen atoms in total. The van der Waals surface area contributed by atoms with Crippen molar-refractivity contribution in [3.63, 3.8) is 0 Å². The van der Waals surface area contributed by atoms with Crippen molar-refractivity contribution in [2.24, 2.45) is 46.1 Å². The van der Waals surface area contributed by atoms with Crippen molar-refractivity contribution in [1.82, 2.24) is 58.6 Å². The summed E-state index contributed by atoms with van der Waals surface area (Å²) in [6.45, 7) is 13.0. The number of aliphatic hydroxyl groups is 1. The maximum Gasteiger partial charge on any atom is 0.327 e. The number of Topliss-reactive ketones (excluding diaryl/α,β-unsaturated/α-hetero) is 2. The van der Waals surface area contributed by atoms with Gasteiger partial charge >= 0.3 is 13.6 Å². The highest BCUT2D eigenvalue weighted by atomic mass is 31.2. The minimum atomic E-state index is -4.09. The van der Waals surface area contributed by atoms with E-state index in [0.717, 1.165) is 65.5 Å². The number of benzene rings is 2. The predicted octanol–water partition coefficient (Wildman–Crippen LogP) is 4.37. The van der Waals surface area contributed by atoms with Gasteiger partial charge in [0.25, 0.3) is 0 Å². The zero-order valence-electron chi connectivity index (χ0n) is 81.0. The first kappa shape index (κ1) is 112. The number of allylic oxidation sites excluding steroid dienone is 5. The number of urea groups is 1. The number of aliphatic hydroxyl groups excluding tert-OH is 1. The molecule has 17 N–H and O–H groups in total. The number of anilines is 1. The number of carbonyl (C=O) groups is 10. The van der Waals surface area contributed by atoms with Gasteiger partial charge in [0.1, 0.15) is 24.9 Å². The molecule has 5 aliphatic carbocycles. The maximum absolute atomic E-state index is 18.3. The molecule has 3 saturated carbocycles. The molecule has 2 aromatic carbocycles. The van der Waals surface area contributed by atoms with Crippen LogP contribution in [0.2, 0.25) is 0 Å². The summed E-state index contributed by atoms with van der Waals surface area (Å²) in [5.74, 6) is -2.29. The lowest BCUT2D eigenvalue weighted by Crippen LogP contribution is -2.71. The van der Waals surface area contributed by atoms with E-state index in [1.807, 2.05) is 67.5 Å². The monoisotopic (exact) mass is 1980 g/mol. The van der Waals surface area contributed by atoms with E-state index in [1.165, 1.54) is 19.1 Å². The fourth-order valence-electron chi connectivity index (χ4n) is 20.1. The number of hydrogen-bond acceptors (Lipinski definition) is 30. The molecule has 8 aliphatic rings. The lowest BCUT2D eigenvalue weighted by atomic mass is 9.44. The van der Waals surface area contributed by atoms with Gasteiger partial charge in [0.15, 0.2) is 34.9 Å². The number of hydrazine groups is 3. The number of ether oxygens (including phenoxy) is 12. The summed E-state index contributed by atoms with van der Waals surface area (Å²) < 4.78 is 116. The molecule has 0 spiro atoms. The summed E-state index contributed by atoms with van der Waals surface area (Å²) >= 11 is 0. The third kappa shape index (κ3) is 30.8. The number of alkyl halides is 2. The highest BCUT2D eigenvalue weighted by Crippen LogP contribution is 2.72. The number of rotatable bonds is 63. The van der Waals surface area contributed by atoms with Crippen LogP contribution in [0.5, 0.6) is 0 Å². The summed E-state index contributed by atoms with van der Waals surface area (Å²) in [5, 5.41) is 34.1. The van der Waals surface area contributed by atoms with E-state index in [-0.39, 0.29) is 193 Å². The fourth-order valence-corrected chi connectivity index (χ4v) is 20.5. The van der Waals surface area contributed by atoms with Crippen molar-refractivity contribution in [2.75, 3.05) is 176 Å². The summed E-state index contributed by atoms with van der Waals surface area (Å²) in [6, 6.07) is 11.9. The average molecular weight is 1980 g/mol. The fraction of sp³-hybridized carbons (Fsp3) is 0.688. The molecule has 8 amide bonds. The van der Waals surface area contributed by atoms with Crippen molar-refractivity contribution in [2.45, 2.75) is 217 Å². The number of fused-ring (bicyclic) bond motifs is 9. The van der Waals surface area contributed by atoms with Crippen LogP contribution in [0.4, 0.5) is 19.3 Å². The van der Waals surface area contributed by atoms with Crippen molar-refractivity contribution >= 4 is 83.5 Å². The molecule has 4 fully saturated rings. The van der Waals surface area contributed by atoms with Crippen LogP contribution >= 0.6 is 7.60 Å². The number of para-hydroxylation sites is 1. The van der Waals surface area contributed by atoms with Crippen LogP contribution < -0.4 is 70.1 Å². The molecule has 2 unspecified atom stereocenters. The number of amides is 8. The lowest BCUT2D eigenvalue weighted by molar-refractivity contribution is -0.234. The Balaban J connectivity index is 0.683. The Morgan fingerprint density at radius 1 is 0.691 bits per heavy atom. The summed E-state index contributed by atoms with van der Waals surface area (Å²) in [4.78, 5) is 158. The number of carbonyl (C=O) groups excluding carboxylic acids is 10. The number of nitrogens with two attached hydrogens (primary N) is 2. The van der Waals surface area contributed by atoms with E-state index >= 15 is 13.6 Å². The number of nitrogens with one attached hydrogen (secondary N) is 10. The molecule has 139 heavy (non-hydrogen) atoms. The quantitative estimate of drug-likeness (QED) is 0.0189. The second-order valence-electron chi connectivity index (χ2n) is 36.9. The van der Waals surface area contributed by atoms with Crippen LogP contribution in [0.1, 0.15) is 173 Å². The summed E-state index contributed by atoms with van der Waals surface area (Å²) in [5.41, 5.74) is 13.7. The largest absolute Gasteiger partial charge is 0.390 e. The van der Waals surface area contributed by atoms with Gasteiger partial charge in [0.2, 0.25) is 35.4 Å². The second-order valence-corrected chi connectivity index (χ2v) is 38.7. The first-order valence-corrected chi connectivity index (χ1v) is 50.7. The minimum absolute atomic E-state index is 0.00523. The third-order valence-electron chi connectivity index (χ3n) is 27.1. The third-order valence-corrected chi connectivity index (χ3v) is 27.9. The Morgan fingerprint density at radius 3 is 1.98 bits per heavy atom. The second kappa shape index (κ2) is 55.7. The number of hydrogen-bond donors (Lipinski definition) is 15. The lowest BCUT2D eigenvalue weighted by Gasteiger charge is -2.63. The molecule has 43 heteroatoms. The average Bonchev–Trinajstić information content (AvgIpc) is 1.51. The molecule has 0 radical (unpaired) electrons. The number of unbranched alkanes of at least 4 members (excludes halogenated alkanes) is 1. The van der Waals surface area contributed by atoms with Gasteiger partial charge in [-0.2, -0.15) is 0 Å². The molecule has 776 valence electrons. The van der Waals surface area contributed by atoms with Gasteiger partial charge in [-0.05, 0) is 125 Å². The first-order valence-electron chi connectivity index (χ1n) is 48.9. The molecule has 3 heterocycles. The van der Waals surface area contributed by atoms with Crippen LogP contribution in [0.3, 0.4) is 0 Å². The van der Waals surface area contributed by atoms with E-state index in [2.05, 4.69) is 53.6 Å². The van der Waals surface area contributed by atoms with E-state index in [4.69, 9.17) is 78.2 Å². The number of nitrogens with zero attached hydrogens (tertiary/aromatic N) is 2. The van der Waals surface area contributed by atoms with E-state index in [0.29, 0.717) is 96.3 Å². The van der Waals surface area contributed by atoms with Crippen LogP contribution in [-0.4, -0.2) is 304 Å². The van der Waals surface area contributed by atoms with Crippen LogP contribution in [0, 0.1) is 34.5 Å². The van der Waals surface area contributed by atoms with Crippen LogP contribution in [-0.2, 0) is 111 Å². The molecule has 2 aromatic rings. The molecule has 0 bridgehead atoms. The van der Waals surface area contributed by atoms with Gasteiger partial charge in [-0.25, -0.2) is 13.6 Å². The molecular formula is C96H147F2N14O26P. The van der Waals surface area contributed by atoms with E-state index in [1.54, 1.807) is 25.7 Å². The molecule has 10 rings (SSSR count). The maximum atomic E-state index is 18.3. The minimum Gasteiger partial charge on any atom is -0.390 e. The van der Waals surface area contributed by atoms with Gasteiger partial charge in [-0.15, -0.1) is 5.53 Å². The molecule has 3 aliphatic heterocycles. The van der Waals surface area contributed by atoms with Gasteiger partial charge in [0, 0.05) is 86.2 Å². The van der Waals surface area contributed by atoms with E-state index in [9.17, 15) is 52.8 Å². The van der Waals surface area contributed by atoms with Crippen LogP contribution in [0.15, 0.2) is 83.7 Å². The Morgan fingerprint density at radius 2 is 1.32 bits per heavy atom.